The van der Waals surface area contributed by atoms with E-state index in [0.29, 0.717) is 49.0 Å². The summed E-state index contributed by atoms with van der Waals surface area (Å²) in [6.07, 6.45) is 3.36. The molecule has 2 aromatic heterocycles. The van der Waals surface area contributed by atoms with Gasteiger partial charge in [0.25, 0.3) is 5.91 Å². The molecule has 1 amide bonds. The van der Waals surface area contributed by atoms with Crippen LogP contribution in [0.15, 0.2) is 55.0 Å². The molecule has 1 fully saturated rings. The van der Waals surface area contributed by atoms with Crippen LogP contribution in [0.4, 0.5) is 5.82 Å². The van der Waals surface area contributed by atoms with Crippen molar-refractivity contribution in [2.45, 2.75) is 0 Å². The van der Waals surface area contributed by atoms with Gasteiger partial charge in [0, 0.05) is 31.7 Å². The average Bonchev–Trinajstić information content (AvgIpc) is 3.37. The van der Waals surface area contributed by atoms with Gasteiger partial charge in [0.2, 0.25) is 5.75 Å². The van der Waals surface area contributed by atoms with Crippen LogP contribution in [0.2, 0.25) is 0 Å². The second-order valence-electron chi connectivity index (χ2n) is 8.02. The molecule has 10 nitrogen and oxygen atoms in total. The van der Waals surface area contributed by atoms with Crippen molar-refractivity contribution in [3.8, 4) is 22.9 Å². The molecule has 1 aliphatic rings. The fourth-order valence-corrected chi connectivity index (χ4v) is 4.35. The van der Waals surface area contributed by atoms with Crippen LogP contribution in [0.3, 0.4) is 0 Å². The molecular weight excluding hydrogens is 448 g/mol. The van der Waals surface area contributed by atoms with Gasteiger partial charge in [-0.05, 0) is 24.3 Å². The van der Waals surface area contributed by atoms with Crippen molar-refractivity contribution >= 4 is 22.8 Å². The summed E-state index contributed by atoms with van der Waals surface area (Å²) in [5.41, 5.74) is 2.17. The molecule has 5 rings (SSSR count). The Hall–Kier alpha value is -4.34. The number of benzene rings is 2. The van der Waals surface area contributed by atoms with E-state index < -0.39 is 0 Å². The molecule has 0 spiro atoms. The lowest BCUT2D eigenvalue weighted by Gasteiger charge is -2.35. The fourth-order valence-electron chi connectivity index (χ4n) is 4.35. The van der Waals surface area contributed by atoms with Gasteiger partial charge in [0.1, 0.15) is 12.1 Å². The molecule has 0 saturated carbocycles. The minimum absolute atomic E-state index is 0.0892. The van der Waals surface area contributed by atoms with Crippen molar-refractivity contribution in [1.29, 1.82) is 0 Å². The lowest BCUT2D eigenvalue weighted by atomic mass is 10.1. The van der Waals surface area contributed by atoms with Gasteiger partial charge < -0.3 is 24.0 Å². The lowest BCUT2D eigenvalue weighted by Crippen LogP contribution is -2.49. The molecule has 2 aromatic carbocycles. The topological polar surface area (TPSA) is 94.8 Å². The smallest absolute Gasteiger partial charge is 0.254 e. The molecule has 0 unspecified atom stereocenters. The number of aromatic nitrogens is 4. The SMILES string of the molecule is COc1cc(C(=O)N2CCN(c3ncnc4c3cnn4-c3ccccc3)CC2)cc(OC)c1OC. The van der Waals surface area contributed by atoms with Crippen molar-refractivity contribution in [3.63, 3.8) is 0 Å². The lowest BCUT2D eigenvalue weighted by molar-refractivity contribution is 0.0745. The third kappa shape index (κ3) is 4.07. The van der Waals surface area contributed by atoms with Crippen LogP contribution in [0.25, 0.3) is 16.7 Å². The number of ether oxygens (including phenoxy) is 3. The zero-order valence-electron chi connectivity index (χ0n) is 19.8. The van der Waals surface area contributed by atoms with Gasteiger partial charge in [-0.2, -0.15) is 5.10 Å². The van der Waals surface area contributed by atoms with E-state index in [1.165, 1.54) is 21.3 Å². The molecular formula is C25H26N6O4. The van der Waals surface area contributed by atoms with E-state index in [-0.39, 0.29) is 5.91 Å². The minimum Gasteiger partial charge on any atom is -0.493 e. The normalized spacial score (nSPS) is 13.7. The first kappa shape index (κ1) is 22.5. The molecule has 3 heterocycles. The second-order valence-corrected chi connectivity index (χ2v) is 8.02. The van der Waals surface area contributed by atoms with Crippen LogP contribution in [0.5, 0.6) is 17.2 Å². The maximum Gasteiger partial charge on any atom is 0.254 e. The first-order valence-electron chi connectivity index (χ1n) is 11.2. The number of para-hydroxylation sites is 1. The zero-order valence-corrected chi connectivity index (χ0v) is 19.8. The van der Waals surface area contributed by atoms with E-state index >= 15 is 0 Å². The van der Waals surface area contributed by atoms with E-state index in [1.807, 2.05) is 39.9 Å². The number of carbonyl (C=O) groups is 1. The number of carbonyl (C=O) groups excluding carboxylic acids is 1. The summed E-state index contributed by atoms with van der Waals surface area (Å²) in [4.78, 5) is 26.3. The number of methoxy groups -OCH3 is 3. The van der Waals surface area contributed by atoms with Crippen molar-refractivity contribution in [2.75, 3.05) is 52.4 Å². The van der Waals surface area contributed by atoms with E-state index in [1.54, 1.807) is 24.7 Å². The summed E-state index contributed by atoms with van der Waals surface area (Å²) in [5, 5.41) is 5.42. The summed E-state index contributed by atoms with van der Waals surface area (Å²) in [6.45, 7) is 2.37. The van der Waals surface area contributed by atoms with Crippen LogP contribution in [0, 0.1) is 0 Å². The first-order chi connectivity index (χ1) is 17.1. The predicted molar refractivity (Wildman–Crippen MR) is 131 cm³/mol. The molecule has 10 heteroatoms. The van der Waals surface area contributed by atoms with Gasteiger partial charge in [-0.25, -0.2) is 14.6 Å². The molecule has 4 aromatic rings. The predicted octanol–water partition coefficient (Wildman–Crippen LogP) is 2.80. The first-order valence-corrected chi connectivity index (χ1v) is 11.2. The molecule has 35 heavy (non-hydrogen) atoms. The zero-order chi connectivity index (χ0) is 24.4. The van der Waals surface area contributed by atoms with Crippen molar-refractivity contribution in [2.24, 2.45) is 0 Å². The van der Waals surface area contributed by atoms with Crippen LogP contribution >= 0.6 is 0 Å². The van der Waals surface area contributed by atoms with Crippen molar-refractivity contribution < 1.29 is 19.0 Å². The van der Waals surface area contributed by atoms with Gasteiger partial charge in [0.15, 0.2) is 17.1 Å². The van der Waals surface area contributed by atoms with Gasteiger partial charge >= 0.3 is 0 Å². The summed E-state index contributed by atoms with van der Waals surface area (Å²) >= 11 is 0. The Labute approximate surface area is 202 Å². The van der Waals surface area contributed by atoms with Crippen LogP contribution in [0.1, 0.15) is 10.4 Å². The summed E-state index contributed by atoms with van der Waals surface area (Å²) in [5.74, 6) is 2.09. The summed E-state index contributed by atoms with van der Waals surface area (Å²) in [7, 11) is 4.61. The van der Waals surface area contributed by atoms with Gasteiger partial charge in [-0.1, -0.05) is 18.2 Å². The highest BCUT2D eigenvalue weighted by atomic mass is 16.5. The molecule has 0 aliphatic carbocycles. The summed E-state index contributed by atoms with van der Waals surface area (Å²) in [6, 6.07) is 13.2. The summed E-state index contributed by atoms with van der Waals surface area (Å²) < 4.78 is 18.0. The molecule has 180 valence electrons. The molecule has 0 N–H and O–H groups in total. The van der Waals surface area contributed by atoms with Crippen molar-refractivity contribution in [3.05, 3.63) is 60.6 Å². The maximum atomic E-state index is 13.3. The third-order valence-electron chi connectivity index (χ3n) is 6.12. The minimum atomic E-state index is -0.0892. The van der Waals surface area contributed by atoms with Crippen molar-refractivity contribution in [1.82, 2.24) is 24.6 Å². The highest BCUT2D eigenvalue weighted by Gasteiger charge is 2.26. The number of hydrogen-bond donors (Lipinski definition) is 0. The van der Waals surface area contributed by atoms with Crippen LogP contribution in [-0.2, 0) is 0 Å². The molecule has 0 atom stereocenters. The monoisotopic (exact) mass is 474 g/mol. The van der Waals surface area contributed by atoms with E-state index in [4.69, 9.17) is 14.2 Å². The number of nitrogens with zero attached hydrogens (tertiary/aromatic N) is 6. The van der Waals surface area contributed by atoms with Gasteiger partial charge in [-0.3, -0.25) is 4.79 Å². The number of hydrogen-bond acceptors (Lipinski definition) is 8. The number of piperazine rings is 1. The molecule has 0 radical (unpaired) electrons. The Balaban J connectivity index is 1.35. The van der Waals surface area contributed by atoms with Gasteiger partial charge in [0.05, 0.1) is 38.6 Å². The quantitative estimate of drug-likeness (QED) is 0.421. The number of fused-ring (bicyclic) bond motifs is 1. The molecule has 1 saturated heterocycles. The highest BCUT2D eigenvalue weighted by Crippen LogP contribution is 2.38. The Kier molecular flexibility index (Phi) is 6.09. The maximum absolute atomic E-state index is 13.3. The number of amides is 1. The van der Waals surface area contributed by atoms with E-state index in [2.05, 4.69) is 20.0 Å². The van der Waals surface area contributed by atoms with Crippen LogP contribution in [-0.4, -0.2) is 78.1 Å². The van der Waals surface area contributed by atoms with Crippen LogP contribution < -0.4 is 19.1 Å². The van der Waals surface area contributed by atoms with Gasteiger partial charge in [-0.15, -0.1) is 0 Å². The Morgan fingerprint density at radius 2 is 1.57 bits per heavy atom. The third-order valence-corrected chi connectivity index (χ3v) is 6.12. The second kappa shape index (κ2) is 9.49. The standard InChI is InChI=1S/C25H26N6O4/c1-33-20-13-17(14-21(34-2)22(20)35-3)25(32)30-11-9-29(10-12-30)23-19-15-28-31(24(19)27-16-26-23)18-7-5-4-6-8-18/h4-8,13-16H,9-12H2,1-3H3. The van der Waals surface area contributed by atoms with E-state index in [0.717, 1.165) is 22.5 Å². The largest absolute Gasteiger partial charge is 0.493 e. The Morgan fingerprint density at radius 3 is 2.20 bits per heavy atom. The molecule has 1 aliphatic heterocycles. The number of anilines is 1. The number of rotatable bonds is 6. The highest BCUT2D eigenvalue weighted by molar-refractivity contribution is 5.96. The Morgan fingerprint density at radius 1 is 0.886 bits per heavy atom. The van der Waals surface area contributed by atoms with E-state index in [9.17, 15) is 4.79 Å². The fraction of sp³-hybridized carbons (Fsp3) is 0.280. The molecule has 0 bridgehead atoms. The average molecular weight is 475 g/mol. The Bertz CT molecular complexity index is 1320.